The second kappa shape index (κ2) is 7.03. The number of carbonyl (C=O) groups excluding carboxylic acids is 1. The number of furan rings is 1. The number of anilines is 1. The fourth-order valence-electron chi connectivity index (χ4n) is 3.79. The maximum atomic E-state index is 12.6. The molecule has 1 amide bonds. The number of rotatable bonds is 3. The van der Waals surface area contributed by atoms with Crippen LogP contribution in [-0.2, 0) is 4.74 Å². The van der Waals surface area contributed by atoms with Crippen molar-refractivity contribution in [1.82, 2.24) is 9.88 Å². The van der Waals surface area contributed by atoms with Crippen molar-refractivity contribution >= 4 is 17.6 Å². The number of carbonyl (C=O) groups is 2. The lowest BCUT2D eigenvalue weighted by molar-refractivity contribution is -0.111. The quantitative estimate of drug-likeness (QED) is 0.880. The minimum absolute atomic E-state index is 0.0333. The molecule has 27 heavy (non-hydrogen) atoms. The van der Waals surface area contributed by atoms with Crippen molar-refractivity contribution in [2.45, 2.75) is 18.4 Å². The minimum atomic E-state index is -1.03. The van der Waals surface area contributed by atoms with Crippen molar-refractivity contribution in [3.05, 3.63) is 48.2 Å². The van der Waals surface area contributed by atoms with E-state index < -0.39 is 5.97 Å². The topological polar surface area (TPSA) is 96.1 Å². The van der Waals surface area contributed by atoms with E-state index in [-0.39, 0.29) is 17.2 Å². The first-order valence-corrected chi connectivity index (χ1v) is 8.96. The first-order chi connectivity index (χ1) is 13.1. The van der Waals surface area contributed by atoms with Crippen LogP contribution in [-0.4, -0.2) is 65.3 Å². The van der Waals surface area contributed by atoms with Crippen molar-refractivity contribution in [1.29, 1.82) is 0 Å². The number of carboxylic acid groups (broad SMARTS) is 1. The molecule has 1 N–H and O–H groups in total. The highest BCUT2D eigenvalue weighted by Gasteiger charge is 2.41. The monoisotopic (exact) mass is 371 g/mol. The summed E-state index contributed by atoms with van der Waals surface area (Å²) in [5, 5.41) is 9.12. The van der Waals surface area contributed by atoms with E-state index in [0.717, 1.165) is 31.6 Å². The number of pyridine rings is 1. The van der Waals surface area contributed by atoms with Gasteiger partial charge in [-0.05, 0) is 31.0 Å². The molecule has 2 aromatic rings. The number of aromatic carboxylic acids is 1. The standard InChI is InChI=1S/C19H21N3O5/c23-17(14-2-9-26-12-14)22-8-10-27-19(13-22)3-6-21(7-4-19)15-1-5-20-16(11-15)18(24)25/h1-2,5,9,11-12H,3-4,6-8,10,13H2,(H,24,25). The smallest absolute Gasteiger partial charge is 0.354 e. The van der Waals surface area contributed by atoms with Crippen LogP contribution < -0.4 is 4.90 Å². The van der Waals surface area contributed by atoms with Crippen molar-refractivity contribution in [2.24, 2.45) is 0 Å². The molecule has 2 saturated heterocycles. The fourth-order valence-corrected chi connectivity index (χ4v) is 3.79. The van der Waals surface area contributed by atoms with Crippen molar-refractivity contribution in [3.8, 4) is 0 Å². The van der Waals surface area contributed by atoms with Gasteiger partial charge >= 0.3 is 5.97 Å². The minimum Gasteiger partial charge on any atom is -0.477 e. The summed E-state index contributed by atoms with van der Waals surface area (Å²) in [6, 6.07) is 5.09. The van der Waals surface area contributed by atoms with E-state index in [9.17, 15) is 9.59 Å². The molecule has 0 radical (unpaired) electrons. The van der Waals surface area contributed by atoms with Gasteiger partial charge in [-0.25, -0.2) is 9.78 Å². The third kappa shape index (κ3) is 3.52. The van der Waals surface area contributed by atoms with Crippen LogP contribution in [0.3, 0.4) is 0 Å². The molecule has 4 heterocycles. The maximum Gasteiger partial charge on any atom is 0.354 e. The van der Waals surface area contributed by atoms with Gasteiger partial charge in [-0.2, -0.15) is 0 Å². The van der Waals surface area contributed by atoms with Gasteiger partial charge in [-0.3, -0.25) is 4.79 Å². The van der Waals surface area contributed by atoms with Crippen LogP contribution in [0, 0.1) is 0 Å². The van der Waals surface area contributed by atoms with Crippen LogP contribution in [0.15, 0.2) is 41.3 Å². The molecule has 0 aliphatic carbocycles. The van der Waals surface area contributed by atoms with Gasteiger partial charge in [0.15, 0.2) is 0 Å². The van der Waals surface area contributed by atoms with Crippen LogP contribution in [0.1, 0.15) is 33.7 Å². The van der Waals surface area contributed by atoms with E-state index in [2.05, 4.69) is 9.88 Å². The van der Waals surface area contributed by atoms with Crippen molar-refractivity contribution < 1.29 is 23.8 Å². The highest BCUT2D eigenvalue weighted by atomic mass is 16.5. The summed E-state index contributed by atoms with van der Waals surface area (Å²) in [7, 11) is 0. The molecule has 8 heteroatoms. The third-order valence-corrected chi connectivity index (χ3v) is 5.31. The van der Waals surface area contributed by atoms with Crippen molar-refractivity contribution in [3.63, 3.8) is 0 Å². The van der Waals surface area contributed by atoms with E-state index in [1.807, 2.05) is 11.0 Å². The molecule has 2 aliphatic rings. The Kier molecular flexibility index (Phi) is 4.57. The van der Waals surface area contributed by atoms with E-state index in [1.54, 1.807) is 12.1 Å². The summed E-state index contributed by atoms with van der Waals surface area (Å²) in [6.07, 6.45) is 6.03. The molecule has 8 nitrogen and oxygen atoms in total. The van der Waals surface area contributed by atoms with Gasteiger partial charge in [0.2, 0.25) is 0 Å². The molecule has 0 aromatic carbocycles. The lowest BCUT2D eigenvalue weighted by Crippen LogP contribution is -2.58. The lowest BCUT2D eigenvalue weighted by atomic mass is 9.89. The zero-order chi connectivity index (χ0) is 18.9. The molecule has 0 unspecified atom stereocenters. The Morgan fingerprint density at radius 1 is 1.19 bits per heavy atom. The van der Waals surface area contributed by atoms with Gasteiger partial charge in [0.05, 0.1) is 30.6 Å². The zero-order valence-electron chi connectivity index (χ0n) is 14.8. The molecule has 2 fully saturated rings. The summed E-state index contributed by atoms with van der Waals surface area (Å²) in [5.74, 6) is -1.07. The van der Waals surface area contributed by atoms with E-state index in [4.69, 9.17) is 14.3 Å². The van der Waals surface area contributed by atoms with Gasteiger partial charge in [0.1, 0.15) is 12.0 Å². The first kappa shape index (κ1) is 17.5. The van der Waals surface area contributed by atoms with E-state index >= 15 is 0 Å². The number of hydrogen-bond acceptors (Lipinski definition) is 6. The van der Waals surface area contributed by atoms with Crippen LogP contribution in [0.25, 0.3) is 0 Å². The Labute approximate surface area is 156 Å². The average Bonchev–Trinajstić information content (AvgIpc) is 3.23. The second-order valence-electron chi connectivity index (χ2n) is 6.96. The Hall–Kier alpha value is -2.87. The van der Waals surface area contributed by atoms with Gasteiger partial charge in [-0.15, -0.1) is 0 Å². The number of amides is 1. The number of carboxylic acids is 1. The van der Waals surface area contributed by atoms with E-state index in [0.29, 0.717) is 25.3 Å². The summed E-state index contributed by atoms with van der Waals surface area (Å²) in [6.45, 7) is 3.11. The predicted molar refractivity (Wildman–Crippen MR) is 95.9 cm³/mol. The number of ether oxygens (including phenoxy) is 1. The number of hydrogen-bond donors (Lipinski definition) is 1. The summed E-state index contributed by atoms with van der Waals surface area (Å²) >= 11 is 0. The molecule has 2 aromatic heterocycles. The van der Waals surface area contributed by atoms with Crippen LogP contribution in [0.4, 0.5) is 5.69 Å². The molecule has 142 valence electrons. The zero-order valence-corrected chi connectivity index (χ0v) is 14.8. The summed E-state index contributed by atoms with van der Waals surface area (Å²) in [5.41, 5.74) is 1.09. The SMILES string of the molecule is O=C(O)c1cc(N2CCC3(CC2)CN(C(=O)c2ccoc2)CCO3)ccn1. The van der Waals surface area contributed by atoms with Crippen LogP contribution >= 0.6 is 0 Å². The van der Waals surface area contributed by atoms with Gasteiger partial charge in [-0.1, -0.05) is 0 Å². The average molecular weight is 371 g/mol. The Balaban J connectivity index is 1.42. The summed E-state index contributed by atoms with van der Waals surface area (Å²) in [4.78, 5) is 31.6. The molecular weight excluding hydrogens is 350 g/mol. The molecular formula is C19H21N3O5. The van der Waals surface area contributed by atoms with Crippen LogP contribution in [0.2, 0.25) is 0 Å². The Bertz CT molecular complexity index is 828. The molecule has 4 rings (SSSR count). The number of nitrogens with zero attached hydrogens (tertiary/aromatic N) is 3. The highest BCUT2D eigenvalue weighted by molar-refractivity contribution is 5.94. The predicted octanol–water partition coefficient (Wildman–Crippen LogP) is 1.88. The van der Waals surface area contributed by atoms with E-state index in [1.165, 1.54) is 18.7 Å². The highest BCUT2D eigenvalue weighted by Crippen LogP contribution is 2.32. The second-order valence-corrected chi connectivity index (χ2v) is 6.96. The molecule has 2 aliphatic heterocycles. The molecule has 1 spiro atoms. The third-order valence-electron chi connectivity index (χ3n) is 5.31. The van der Waals surface area contributed by atoms with Gasteiger partial charge < -0.3 is 24.1 Å². The van der Waals surface area contributed by atoms with Crippen molar-refractivity contribution in [2.75, 3.05) is 37.7 Å². The lowest BCUT2D eigenvalue weighted by Gasteiger charge is -2.47. The number of aromatic nitrogens is 1. The number of piperidine rings is 1. The van der Waals surface area contributed by atoms with Gasteiger partial charge in [0, 0.05) is 31.5 Å². The Morgan fingerprint density at radius 3 is 2.70 bits per heavy atom. The van der Waals surface area contributed by atoms with Crippen LogP contribution in [0.5, 0.6) is 0 Å². The normalized spacial score (nSPS) is 19.3. The Morgan fingerprint density at radius 2 is 2.00 bits per heavy atom. The maximum absolute atomic E-state index is 12.6. The summed E-state index contributed by atoms with van der Waals surface area (Å²) < 4.78 is 11.1. The molecule has 0 saturated carbocycles. The van der Waals surface area contributed by atoms with Gasteiger partial charge in [0.25, 0.3) is 5.91 Å². The fraction of sp³-hybridized carbons (Fsp3) is 0.421. The molecule has 0 bridgehead atoms. The largest absolute Gasteiger partial charge is 0.477 e. The molecule has 0 atom stereocenters. The number of morpholine rings is 1. The first-order valence-electron chi connectivity index (χ1n) is 8.96.